The highest BCUT2D eigenvalue weighted by Crippen LogP contribution is 2.19. The zero-order chi connectivity index (χ0) is 19.8. The zero-order valence-electron chi connectivity index (χ0n) is 17.5. The Hall–Kier alpha value is -1.62. The summed E-state index contributed by atoms with van der Waals surface area (Å²) in [7, 11) is 4.00. The number of anilines is 2. The van der Waals surface area contributed by atoms with Gasteiger partial charge in [-0.15, -0.1) is 24.0 Å². The Morgan fingerprint density at radius 3 is 2.55 bits per heavy atom. The van der Waals surface area contributed by atoms with Crippen molar-refractivity contribution >= 4 is 52.3 Å². The molecule has 0 saturated carbocycles. The second-order valence-electron chi connectivity index (χ2n) is 6.91. The molecule has 0 atom stereocenters. The molecule has 1 saturated heterocycles. The van der Waals surface area contributed by atoms with Gasteiger partial charge in [-0.2, -0.15) is 4.37 Å². The second kappa shape index (κ2) is 12.2. The van der Waals surface area contributed by atoms with Crippen LogP contribution in [0.4, 0.5) is 10.8 Å². The first kappa shape index (κ1) is 23.7. The molecular weight excluding hydrogens is 497 g/mol. The predicted octanol–water partition coefficient (Wildman–Crippen LogP) is 2.94. The third-order valence-corrected chi connectivity index (χ3v) is 5.80. The van der Waals surface area contributed by atoms with Crippen LogP contribution in [0.1, 0.15) is 19.2 Å². The van der Waals surface area contributed by atoms with Crippen LogP contribution in [-0.4, -0.2) is 73.6 Å². The van der Waals surface area contributed by atoms with E-state index in [-0.39, 0.29) is 24.0 Å². The van der Waals surface area contributed by atoms with Gasteiger partial charge in [-0.3, -0.25) is 4.99 Å². The molecule has 9 heteroatoms. The van der Waals surface area contributed by atoms with Crippen LogP contribution in [0.5, 0.6) is 0 Å². The van der Waals surface area contributed by atoms with Crippen LogP contribution in [-0.2, 0) is 6.42 Å². The predicted molar refractivity (Wildman–Crippen MR) is 134 cm³/mol. The summed E-state index contributed by atoms with van der Waals surface area (Å²) in [5.74, 6) is 1.94. The molecule has 1 fully saturated rings. The Morgan fingerprint density at radius 1 is 1.21 bits per heavy atom. The van der Waals surface area contributed by atoms with Crippen molar-refractivity contribution in [2.45, 2.75) is 19.8 Å². The number of guanidine groups is 1. The molecule has 160 valence electrons. The van der Waals surface area contributed by atoms with E-state index in [1.54, 1.807) is 0 Å². The van der Waals surface area contributed by atoms with Crippen molar-refractivity contribution in [1.29, 1.82) is 0 Å². The summed E-state index contributed by atoms with van der Waals surface area (Å²) in [5, 5.41) is 4.56. The molecule has 0 aliphatic carbocycles. The summed E-state index contributed by atoms with van der Waals surface area (Å²) in [6.45, 7) is 7.83. The van der Waals surface area contributed by atoms with Gasteiger partial charge >= 0.3 is 0 Å². The molecule has 1 aromatic heterocycles. The first-order valence-corrected chi connectivity index (χ1v) is 10.8. The smallest absolute Gasteiger partial charge is 0.205 e. The number of para-hydroxylation sites is 1. The maximum absolute atomic E-state index is 4.61. The first-order valence-electron chi connectivity index (χ1n) is 10.0. The third kappa shape index (κ3) is 6.70. The van der Waals surface area contributed by atoms with Crippen LogP contribution in [0.25, 0.3) is 0 Å². The lowest BCUT2D eigenvalue weighted by atomic mass is 10.3. The number of rotatable bonds is 7. The van der Waals surface area contributed by atoms with Crippen LogP contribution >= 0.6 is 35.5 Å². The molecule has 2 aromatic rings. The molecule has 1 aliphatic heterocycles. The Kier molecular flexibility index (Phi) is 9.92. The number of halogens is 1. The fourth-order valence-corrected chi connectivity index (χ4v) is 4.09. The minimum absolute atomic E-state index is 0. The molecule has 0 spiro atoms. The normalized spacial score (nSPS) is 14.5. The van der Waals surface area contributed by atoms with Gasteiger partial charge in [0.15, 0.2) is 5.96 Å². The van der Waals surface area contributed by atoms with E-state index in [0.717, 1.165) is 69.0 Å². The third-order valence-electron chi connectivity index (χ3n) is 4.99. The highest BCUT2D eigenvalue weighted by Gasteiger charge is 2.21. The molecular formula is C20H32IN7S. The number of aromatic nitrogens is 2. The first-order chi connectivity index (χ1) is 13.7. The molecule has 0 amide bonds. The van der Waals surface area contributed by atoms with Crippen molar-refractivity contribution in [2.24, 2.45) is 4.99 Å². The number of aliphatic imine (C=N–C) groups is 1. The summed E-state index contributed by atoms with van der Waals surface area (Å²) < 4.78 is 4.40. The number of aryl methyl sites for hydroxylation is 1. The van der Waals surface area contributed by atoms with Gasteiger partial charge in [0.25, 0.3) is 0 Å². The molecule has 7 nitrogen and oxygen atoms in total. The molecule has 3 rings (SSSR count). The van der Waals surface area contributed by atoms with Crippen molar-refractivity contribution in [3.8, 4) is 0 Å². The van der Waals surface area contributed by atoms with Crippen LogP contribution in [0.3, 0.4) is 0 Å². The lowest BCUT2D eigenvalue weighted by molar-refractivity contribution is 0.372. The summed E-state index contributed by atoms with van der Waals surface area (Å²) in [6.07, 6.45) is 1.96. The van der Waals surface area contributed by atoms with Gasteiger partial charge in [-0.05, 0) is 18.6 Å². The SMILES string of the molecule is CCc1nsc(N2CCN(C(=NC)NCCCN(C)c3ccccc3)CC2)n1.I. The monoisotopic (exact) mass is 529 g/mol. The van der Waals surface area contributed by atoms with Gasteiger partial charge in [0.05, 0.1) is 0 Å². The maximum atomic E-state index is 4.61. The largest absolute Gasteiger partial charge is 0.375 e. The summed E-state index contributed by atoms with van der Waals surface area (Å²) in [4.78, 5) is 16.0. The van der Waals surface area contributed by atoms with Gasteiger partial charge < -0.3 is 20.0 Å². The van der Waals surface area contributed by atoms with Crippen molar-refractivity contribution in [2.75, 3.05) is 63.2 Å². The molecule has 29 heavy (non-hydrogen) atoms. The number of hydrogen-bond donors (Lipinski definition) is 1. The molecule has 1 aliphatic rings. The molecule has 1 aromatic carbocycles. The number of hydrogen-bond acceptors (Lipinski definition) is 6. The fourth-order valence-electron chi connectivity index (χ4n) is 3.29. The minimum Gasteiger partial charge on any atom is -0.375 e. The number of piperazine rings is 1. The lowest BCUT2D eigenvalue weighted by Crippen LogP contribution is -2.52. The van der Waals surface area contributed by atoms with E-state index < -0.39 is 0 Å². The quantitative estimate of drug-likeness (QED) is 0.258. The molecule has 2 heterocycles. The summed E-state index contributed by atoms with van der Waals surface area (Å²) in [6, 6.07) is 10.5. The summed E-state index contributed by atoms with van der Waals surface area (Å²) in [5.41, 5.74) is 1.26. The maximum Gasteiger partial charge on any atom is 0.205 e. The van der Waals surface area contributed by atoms with E-state index >= 15 is 0 Å². The molecule has 0 bridgehead atoms. The number of nitrogens with one attached hydrogen (secondary N) is 1. The number of nitrogens with zero attached hydrogens (tertiary/aromatic N) is 6. The topological polar surface area (TPSA) is 59.9 Å². The lowest BCUT2D eigenvalue weighted by Gasteiger charge is -2.36. The van der Waals surface area contributed by atoms with Crippen molar-refractivity contribution in [3.05, 3.63) is 36.2 Å². The van der Waals surface area contributed by atoms with Crippen LogP contribution in [0.2, 0.25) is 0 Å². The van der Waals surface area contributed by atoms with E-state index in [4.69, 9.17) is 0 Å². The van der Waals surface area contributed by atoms with Crippen molar-refractivity contribution in [1.82, 2.24) is 19.6 Å². The van der Waals surface area contributed by atoms with Crippen LogP contribution in [0.15, 0.2) is 35.3 Å². The van der Waals surface area contributed by atoms with Crippen molar-refractivity contribution in [3.63, 3.8) is 0 Å². The fraction of sp³-hybridized carbons (Fsp3) is 0.550. The van der Waals surface area contributed by atoms with E-state index in [1.165, 1.54) is 17.2 Å². The Labute approximate surface area is 195 Å². The summed E-state index contributed by atoms with van der Waals surface area (Å²) >= 11 is 1.51. The Bertz CT molecular complexity index is 744. The average molecular weight is 529 g/mol. The highest BCUT2D eigenvalue weighted by atomic mass is 127. The van der Waals surface area contributed by atoms with Gasteiger partial charge in [-0.1, -0.05) is 25.1 Å². The van der Waals surface area contributed by atoms with Gasteiger partial charge in [-0.25, -0.2) is 4.98 Å². The Balaban J connectivity index is 0.00000300. The van der Waals surface area contributed by atoms with E-state index in [9.17, 15) is 0 Å². The molecule has 0 unspecified atom stereocenters. The van der Waals surface area contributed by atoms with Crippen molar-refractivity contribution < 1.29 is 0 Å². The number of benzene rings is 1. The van der Waals surface area contributed by atoms with Crippen LogP contribution < -0.4 is 15.1 Å². The van der Waals surface area contributed by atoms with Crippen LogP contribution in [0, 0.1) is 0 Å². The zero-order valence-corrected chi connectivity index (χ0v) is 20.7. The second-order valence-corrected chi connectivity index (χ2v) is 7.64. The average Bonchev–Trinajstić information content (AvgIpc) is 3.24. The highest BCUT2D eigenvalue weighted by molar-refractivity contribution is 14.0. The standard InChI is InChI=1S/C20H31N7S.HI/c1-4-18-23-20(28-24-18)27-15-13-26(14-16-27)19(21-2)22-11-8-12-25(3)17-9-6-5-7-10-17;/h5-7,9-10H,4,8,11-16H2,1-3H3,(H,21,22);1H. The van der Waals surface area contributed by atoms with E-state index in [0.29, 0.717) is 0 Å². The van der Waals surface area contributed by atoms with Gasteiger partial charge in [0.1, 0.15) is 5.82 Å². The Morgan fingerprint density at radius 2 is 1.93 bits per heavy atom. The van der Waals surface area contributed by atoms with Gasteiger partial charge in [0.2, 0.25) is 5.13 Å². The van der Waals surface area contributed by atoms with E-state index in [1.807, 2.05) is 7.05 Å². The molecule has 1 N–H and O–H groups in total. The van der Waals surface area contributed by atoms with Gasteiger partial charge in [0, 0.05) is 77.0 Å². The minimum atomic E-state index is 0. The van der Waals surface area contributed by atoms with E-state index in [2.05, 4.69) is 78.7 Å². The molecule has 0 radical (unpaired) electrons.